The van der Waals surface area contributed by atoms with Crippen molar-refractivity contribution < 1.29 is 4.79 Å². The van der Waals surface area contributed by atoms with E-state index in [1.54, 1.807) is 0 Å². The Labute approximate surface area is 102 Å². The minimum absolute atomic E-state index is 0.0827. The lowest BCUT2D eigenvalue weighted by Crippen LogP contribution is -2.43. The molecule has 1 heterocycles. The van der Waals surface area contributed by atoms with E-state index in [0.29, 0.717) is 6.42 Å². The van der Waals surface area contributed by atoms with Crippen molar-refractivity contribution in [3.63, 3.8) is 0 Å². The van der Waals surface area contributed by atoms with Crippen LogP contribution in [0.15, 0.2) is 42.6 Å². The molecular weight excluding hydrogens is 212 g/mol. The third-order valence-corrected chi connectivity index (χ3v) is 3.15. The van der Waals surface area contributed by atoms with Gasteiger partial charge < -0.3 is 5.32 Å². The molecule has 1 aliphatic heterocycles. The second-order valence-electron chi connectivity index (χ2n) is 4.53. The van der Waals surface area contributed by atoms with Gasteiger partial charge in [0.05, 0.1) is 0 Å². The number of nitrogens with zero attached hydrogens (tertiary/aromatic N) is 1. The van der Waals surface area contributed by atoms with Crippen molar-refractivity contribution in [2.45, 2.75) is 25.4 Å². The number of piperidine rings is 1. The number of carbonyl (C=O) groups is 1. The van der Waals surface area contributed by atoms with E-state index in [1.807, 2.05) is 18.2 Å². The van der Waals surface area contributed by atoms with Crippen LogP contribution in [-0.4, -0.2) is 23.9 Å². The van der Waals surface area contributed by atoms with Gasteiger partial charge in [-0.15, -0.1) is 0 Å². The fourth-order valence-electron chi connectivity index (χ4n) is 2.23. The Hall–Kier alpha value is -1.61. The van der Waals surface area contributed by atoms with E-state index in [-0.39, 0.29) is 11.9 Å². The summed E-state index contributed by atoms with van der Waals surface area (Å²) in [6, 6.07) is 10.6. The molecule has 1 fully saturated rings. The number of hydrogen-bond acceptors (Lipinski definition) is 2. The lowest BCUT2D eigenvalue weighted by molar-refractivity contribution is -0.121. The molecule has 90 valence electrons. The Kier molecular flexibility index (Phi) is 3.59. The largest absolute Gasteiger partial charge is 0.329 e. The van der Waals surface area contributed by atoms with Gasteiger partial charge in [-0.2, -0.15) is 0 Å². The molecule has 0 aliphatic carbocycles. The van der Waals surface area contributed by atoms with Gasteiger partial charge in [-0.05, 0) is 19.0 Å². The molecule has 0 spiro atoms. The van der Waals surface area contributed by atoms with E-state index in [4.69, 9.17) is 0 Å². The van der Waals surface area contributed by atoms with Gasteiger partial charge in [0.2, 0.25) is 5.91 Å². The number of amides is 1. The number of hydrogen-bond donors (Lipinski definition) is 1. The average Bonchev–Trinajstić information content (AvgIpc) is 2.30. The molecular formula is C14H18N2O. The van der Waals surface area contributed by atoms with Crippen molar-refractivity contribution in [3.8, 4) is 0 Å². The van der Waals surface area contributed by atoms with Crippen LogP contribution in [0.5, 0.6) is 0 Å². The highest BCUT2D eigenvalue weighted by Crippen LogP contribution is 2.18. The van der Waals surface area contributed by atoms with Gasteiger partial charge in [0.1, 0.15) is 0 Å². The van der Waals surface area contributed by atoms with Gasteiger partial charge in [-0.1, -0.05) is 36.9 Å². The van der Waals surface area contributed by atoms with Crippen LogP contribution in [0.2, 0.25) is 0 Å². The SMILES string of the molecule is C=C1NC(=O)CCC1N(C)Cc1ccccc1. The quantitative estimate of drug-likeness (QED) is 0.860. The smallest absolute Gasteiger partial charge is 0.224 e. The summed E-state index contributed by atoms with van der Waals surface area (Å²) in [6.07, 6.45) is 1.44. The fourth-order valence-corrected chi connectivity index (χ4v) is 2.23. The van der Waals surface area contributed by atoms with Crippen LogP contribution < -0.4 is 5.32 Å². The second kappa shape index (κ2) is 5.15. The minimum Gasteiger partial charge on any atom is -0.329 e. The van der Waals surface area contributed by atoms with E-state index < -0.39 is 0 Å². The second-order valence-corrected chi connectivity index (χ2v) is 4.53. The lowest BCUT2D eigenvalue weighted by atomic mass is 10.0. The normalized spacial score (nSPS) is 20.5. The van der Waals surface area contributed by atoms with E-state index >= 15 is 0 Å². The molecule has 0 aromatic heterocycles. The topological polar surface area (TPSA) is 32.3 Å². The molecule has 1 aromatic carbocycles. The van der Waals surface area contributed by atoms with E-state index in [0.717, 1.165) is 18.7 Å². The third-order valence-electron chi connectivity index (χ3n) is 3.15. The molecule has 17 heavy (non-hydrogen) atoms. The standard InChI is InChI=1S/C14H18N2O/c1-11-13(8-9-14(17)15-11)16(2)10-12-6-4-3-5-7-12/h3-7,13H,1,8-10H2,2H3,(H,15,17). The van der Waals surface area contributed by atoms with Crippen LogP contribution in [0.1, 0.15) is 18.4 Å². The predicted molar refractivity (Wildman–Crippen MR) is 68.2 cm³/mol. The number of benzene rings is 1. The molecule has 0 radical (unpaired) electrons. The van der Waals surface area contributed by atoms with Crippen molar-refractivity contribution in [1.29, 1.82) is 0 Å². The van der Waals surface area contributed by atoms with Gasteiger partial charge in [-0.25, -0.2) is 0 Å². The van der Waals surface area contributed by atoms with Crippen LogP contribution in [0.3, 0.4) is 0 Å². The van der Waals surface area contributed by atoms with Crippen LogP contribution in [0, 0.1) is 0 Å². The molecule has 3 nitrogen and oxygen atoms in total. The zero-order valence-electron chi connectivity index (χ0n) is 10.1. The summed E-state index contributed by atoms with van der Waals surface area (Å²) >= 11 is 0. The average molecular weight is 230 g/mol. The van der Waals surface area contributed by atoms with Crippen molar-refractivity contribution in [3.05, 3.63) is 48.2 Å². The Morgan fingerprint density at radius 3 is 2.76 bits per heavy atom. The predicted octanol–water partition coefficient (Wildman–Crippen LogP) is 1.91. The van der Waals surface area contributed by atoms with Crippen molar-refractivity contribution in [2.24, 2.45) is 0 Å². The van der Waals surface area contributed by atoms with E-state index in [2.05, 4.69) is 36.0 Å². The summed E-state index contributed by atoms with van der Waals surface area (Å²) in [4.78, 5) is 13.4. The fraction of sp³-hybridized carbons (Fsp3) is 0.357. The third kappa shape index (κ3) is 2.94. The number of rotatable bonds is 3. The monoisotopic (exact) mass is 230 g/mol. The first kappa shape index (κ1) is 11.9. The molecule has 1 aliphatic rings. The van der Waals surface area contributed by atoms with E-state index in [9.17, 15) is 4.79 Å². The van der Waals surface area contributed by atoms with Crippen LogP contribution in [-0.2, 0) is 11.3 Å². The molecule has 2 rings (SSSR count). The summed E-state index contributed by atoms with van der Waals surface area (Å²) in [5.41, 5.74) is 2.10. The van der Waals surface area contributed by atoms with E-state index in [1.165, 1.54) is 5.56 Å². The zero-order chi connectivity index (χ0) is 12.3. The van der Waals surface area contributed by atoms with Gasteiger partial charge in [0.25, 0.3) is 0 Å². The highest BCUT2D eigenvalue weighted by atomic mass is 16.1. The zero-order valence-corrected chi connectivity index (χ0v) is 10.1. The first-order chi connectivity index (χ1) is 8.16. The van der Waals surface area contributed by atoms with Gasteiger partial charge in [0, 0.05) is 24.7 Å². The maximum atomic E-state index is 11.2. The maximum Gasteiger partial charge on any atom is 0.224 e. The summed E-state index contributed by atoms with van der Waals surface area (Å²) in [5.74, 6) is 0.0827. The first-order valence-electron chi connectivity index (χ1n) is 5.89. The molecule has 3 heteroatoms. The van der Waals surface area contributed by atoms with Gasteiger partial charge in [-0.3, -0.25) is 9.69 Å². The van der Waals surface area contributed by atoms with Crippen molar-refractivity contribution in [2.75, 3.05) is 7.05 Å². The Bertz CT molecular complexity index is 413. The lowest BCUT2D eigenvalue weighted by Gasteiger charge is -2.33. The number of nitrogens with one attached hydrogen (secondary N) is 1. The summed E-state index contributed by atoms with van der Waals surface area (Å²) in [6.45, 7) is 4.81. The molecule has 0 saturated carbocycles. The van der Waals surface area contributed by atoms with Crippen LogP contribution >= 0.6 is 0 Å². The van der Waals surface area contributed by atoms with Crippen LogP contribution in [0.4, 0.5) is 0 Å². The molecule has 1 amide bonds. The Morgan fingerprint density at radius 2 is 2.12 bits per heavy atom. The summed E-state index contributed by atoms with van der Waals surface area (Å²) in [7, 11) is 2.07. The highest BCUT2D eigenvalue weighted by molar-refractivity contribution is 5.79. The minimum atomic E-state index is 0.0827. The molecule has 1 aromatic rings. The molecule has 1 N–H and O–H groups in total. The Balaban J connectivity index is 1.98. The Morgan fingerprint density at radius 1 is 1.41 bits per heavy atom. The molecule has 1 saturated heterocycles. The number of carbonyl (C=O) groups excluding carboxylic acids is 1. The molecule has 1 unspecified atom stereocenters. The van der Waals surface area contributed by atoms with Gasteiger partial charge >= 0.3 is 0 Å². The molecule has 0 bridgehead atoms. The van der Waals surface area contributed by atoms with Crippen molar-refractivity contribution in [1.82, 2.24) is 10.2 Å². The highest BCUT2D eigenvalue weighted by Gasteiger charge is 2.24. The molecule has 1 atom stereocenters. The summed E-state index contributed by atoms with van der Waals surface area (Å²) < 4.78 is 0. The maximum absolute atomic E-state index is 11.2. The van der Waals surface area contributed by atoms with Crippen molar-refractivity contribution >= 4 is 5.91 Å². The number of likely N-dealkylation sites (N-methyl/N-ethyl adjacent to an activating group) is 1. The first-order valence-corrected chi connectivity index (χ1v) is 5.89. The van der Waals surface area contributed by atoms with Gasteiger partial charge in [0.15, 0.2) is 0 Å². The summed E-state index contributed by atoms with van der Waals surface area (Å²) in [5, 5.41) is 2.82. The van der Waals surface area contributed by atoms with Crippen LogP contribution in [0.25, 0.3) is 0 Å².